The van der Waals surface area contributed by atoms with Gasteiger partial charge in [-0.3, -0.25) is 4.79 Å². The molecule has 2 rings (SSSR count). The highest BCUT2D eigenvalue weighted by Gasteiger charge is 2.29. The van der Waals surface area contributed by atoms with Gasteiger partial charge in [-0.2, -0.15) is 0 Å². The van der Waals surface area contributed by atoms with Crippen molar-refractivity contribution in [3.63, 3.8) is 0 Å². The van der Waals surface area contributed by atoms with Crippen LogP contribution in [0.5, 0.6) is 0 Å². The average Bonchev–Trinajstić information content (AvgIpc) is 2.68. The highest BCUT2D eigenvalue weighted by molar-refractivity contribution is 5.73. The molecule has 1 aromatic rings. The first-order chi connectivity index (χ1) is 7.16. The van der Waals surface area contributed by atoms with Crippen LogP contribution in [0.3, 0.4) is 0 Å². The molecule has 1 heterocycles. The van der Waals surface area contributed by atoms with Crippen molar-refractivity contribution in [1.29, 1.82) is 0 Å². The molecule has 15 heavy (non-hydrogen) atoms. The highest BCUT2D eigenvalue weighted by atomic mass is 16.4. The Morgan fingerprint density at radius 2 is 2.00 bits per heavy atom. The lowest BCUT2D eigenvalue weighted by Gasteiger charge is -2.09. The first kappa shape index (κ1) is 10.1. The van der Waals surface area contributed by atoms with Gasteiger partial charge in [0, 0.05) is 6.04 Å². The Balaban J connectivity index is 2.07. The van der Waals surface area contributed by atoms with E-state index in [2.05, 4.69) is 10.9 Å². The summed E-state index contributed by atoms with van der Waals surface area (Å²) in [6.45, 7) is 2.03. The van der Waals surface area contributed by atoms with Gasteiger partial charge in [0.05, 0.1) is 0 Å². The van der Waals surface area contributed by atoms with E-state index in [1.54, 1.807) is 0 Å². The molecular weight excluding hydrogens is 192 g/mol. The van der Waals surface area contributed by atoms with E-state index in [4.69, 9.17) is 5.11 Å². The fourth-order valence-corrected chi connectivity index (χ4v) is 1.74. The molecule has 4 nitrogen and oxygen atoms in total. The van der Waals surface area contributed by atoms with Crippen LogP contribution in [0.1, 0.15) is 23.6 Å². The molecule has 0 aliphatic carbocycles. The first-order valence-corrected chi connectivity index (χ1v) is 4.97. The maximum atomic E-state index is 10.7. The summed E-state index contributed by atoms with van der Waals surface area (Å²) in [5.74, 6) is -0.808. The van der Waals surface area contributed by atoms with Crippen molar-refractivity contribution in [1.82, 2.24) is 10.9 Å². The standard InChI is InChI=1S/C11H14N2O2/c1-7-2-4-8(5-3-7)9-6-10(11(14)15)13-12-9/h2-5,9-10,12-13H,6H2,1H3,(H,14,15). The summed E-state index contributed by atoms with van der Waals surface area (Å²) in [4.78, 5) is 10.7. The van der Waals surface area contributed by atoms with Gasteiger partial charge in [0.15, 0.2) is 0 Å². The molecule has 3 N–H and O–H groups in total. The maximum Gasteiger partial charge on any atom is 0.322 e. The van der Waals surface area contributed by atoms with Gasteiger partial charge in [-0.15, -0.1) is 0 Å². The predicted octanol–water partition coefficient (Wildman–Crippen LogP) is 0.987. The molecule has 1 saturated heterocycles. The van der Waals surface area contributed by atoms with Crippen molar-refractivity contribution in [2.24, 2.45) is 0 Å². The summed E-state index contributed by atoms with van der Waals surface area (Å²) in [5.41, 5.74) is 8.09. The number of aliphatic carboxylic acids is 1. The molecule has 0 bridgehead atoms. The quantitative estimate of drug-likeness (QED) is 0.675. The second-order valence-electron chi connectivity index (χ2n) is 3.88. The van der Waals surface area contributed by atoms with Gasteiger partial charge in [-0.05, 0) is 18.9 Å². The largest absolute Gasteiger partial charge is 0.480 e. The third kappa shape index (κ3) is 2.16. The molecule has 1 fully saturated rings. The Morgan fingerprint density at radius 3 is 2.53 bits per heavy atom. The molecule has 4 heteroatoms. The van der Waals surface area contributed by atoms with Gasteiger partial charge in [0.1, 0.15) is 6.04 Å². The molecule has 0 radical (unpaired) electrons. The molecule has 0 aromatic heterocycles. The van der Waals surface area contributed by atoms with Crippen LogP contribution in [0.4, 0.5) is 0 Å². The lowest BCUT2D eigenvalue weighted by atomic mass is 10.0. The molecule has 0 spiro atoms. The summed E-state index contributed by atoms with van der Waals surface area (Å²) in [6, 6.07) is 7.72. The van der Waals surface area contributed by atoms with Crippen LogP contribution in [-0.4, -0.2) is 17.1 Å². The molecule has 1 aliphatic rings. The van der Waals surface area contributed by atoms with Crippen molar-refractivity contribution in [3.05, 3.63) is 35.4 Å². The monoisotopic (exact) mass is 206 g/mol. The van der Waals surface area contributed by atoms with Crippen LogP contribution in [0, 0.1) is 6.92 Å². The Bertz CT molecular complexity index is 361. The summed E-state index contributed by atoms with van der Waals surface area (Å²) in [5, 5.41) is 8.82. The molecule has 0 amide bonds. The minimum absolute atomic E-state index is 0.0895. The zero-order valence-electron chi connectivity index (χ0n) is 8.53. The van der Waals surface area contributed by atoms with Gasteiger partial charge >= 0.3 is 5.97 Å². The van der Waals surface area contributed by atoms with E-state index >= 15 is 0 Å². The van der Waals surface area contributed by atoms with E-state index in [-0.39, 0.29) is 6.04 Å². The van der Waals surface area contributed by atoms with Crippen LogP contribution in [0.2, 0.25) is 0 Å². The Hall–Kier alpha value is -1.39. The smallest absolute Gasteiger partial charge is 0.322 e. The van der Waals surface area contributed by atoms with E-state index in [9.17, 15) is 4.79 Å². The van der Waals surface area contributed by atoms with Gasteiger partial charge in [0.2, 0.25) is 0 Å². The number of carboxylic acids is 1. The van der Waals surface area contributed by atoms with Crippen molar-refractivity contribution < 1.29 is 9.90 Å². The number of hydrazine groups is 1. The number of aryl methyl sites for hydroxylation is 1. The number of nitrogens with one attached hydrogen (secondary N) is 2. The molecule has 2 unspecified atom stereocenters. The van der Waals surface area contributed by atoms with Crippen molar-refractivity contribution in [2.45, 2.75) is 25.4 Å². The number of carboxylic acid groups (broad SMARTS) is 1. The summed E-state index contributed by atoms with van der Waals surface area (Å²) in [6.07, 6.45) is 0.582. The summed E-state index contributed by atoms with van der Waals surface area (Å²) < 4.78 is 0. The van der Waals surface area contributed by atoms with E-state index in [0.29, 0.717) is 6.42 Å². The van der Waals surface area contributed by atoms with Crippen LogP contribution < -0.4 is 10.9 Å². The molecule has 80 valence electrons. The second-order valence-corrected chi connectivity index (χ2v) is 3.88. The number of rotatable bonds is 2. The maximum absolute atomic E-state index is 10.7. The van der Waals surface area contributed by atoms with Crippen LogP contribution in [0.25, 0.3) is 0 Å². The first-order valence-electron chi connectivity index (χ1n) is 4.97. The predicted molar refractivity (Wildman–Crippen MR) is 56.2 cm³/mol. The van der Waals surface area contributed by atoms with Gasteiger partial charge < -0.3 is 5.11 Å². The van der Waals surface area contributed by atoms with E-state index < -0.39 is 12.0 Å². The number of benzene rings is 1. The van der Waals surface area contributed by atoms with Crippen molar-refractivity contribution >= 4 is 5.97 Å². The Morgan fingerprint density at radius 1 is 1.33 bits per heavy atom. The highest BCUT2D eigenvalue weighted by Crippen LogP contribution is 2.22. The lowest BCUT2D eigenvalue weighted by Crippen LogP contribution is -2.36. The molecule has 2 atom stereocenters. The van der Waals surface area contributed by atoms with Crippen LogP contribution >= 0.6 is 0 Å². The van der Waals surface area contributed by atoms with Gasteiger partial charge in [-0.25, -0.2) is 10.9 Å². The third-order valence-electron chi connectivity index (χ3n) is 2.68. The second kappa shape index (κ2) is 4.00. The Kier molecular flexibility index (Phi) is 2.70. The summed E-state index contributed by atoms with van der Waals surface area (Å²) in [7, 11) is 0. The van der Waals surface area contributed by atoms with Crippen molar-refractivity contribution in [2.75, 3.05) is 0 Å². The third-order valence-corrected chi connectivity index (χ3v) is 2.68. The normalized spacial score (nSPS) is 25.4. The van der Waals surface area contributed by atoms with Crippen LogP contribution in [-0.2, 0) is 4.79 Å². The topological polar surface area (TPSA) is 61.4 Å². The van der Waals surface area contributed by atoms with E-state index in [1.165, 1.54) is 5.56 Å². The average molecular weight is 206 g/mol. The molecular formula is C11H14N2O2. The number of hydrogen-bond donors (Lipinski definition) is 3. The van der Waals surface area contributed by atoms with Gasteiger partial charge in [-0.1, -0.05) is 29.8 Å². The zero-order valence-corrected chi connectivity index (χ0v) is 8.53. The van der Waals surface area contributed by atoms with Crippen LogP contribution in [0.15, 0.2) is 24.3 Å². The van der Waals surface area contributed by atoms with E-state index in [0.717, 1.165) is 5.56 Å². The fourth-order valence-electron chi connectivity index (χ4n) is 1.74. The van der Waals surface area contributed by atoms with E-state index in [1.807, 2.05) is 31.2 Å². The lowest BCUT2D eigenvalue weighted by molar-refractivity contribution is -0.139. The minimum Gasteiger partial charge on any atom is -0.480 e. The number of carbonyl (C=O) groups is 1. The fraction of sp³-hybridized carbons (Fsp3) is 0.364. The Labute approximate surface area is 88.3 Å². The zero-order chi connectivity index (χ0) is 10.8. The molecule has 0 saturated carbocycles. The molecule has 1 aliphatic heterocycles. The summed E-state index contributed by atoms with van der Waals surface area (Å²) >= 11 is 0. The van der Waals surface area contributed by atoms with Gasteiger partial charge in [0.25, 0.3) is 0 Å². The SMILES string of the molecule is Cc1ccc(C2CC(C(=O)O)NN2)cc1. The number of hydrogen-bond acceptors (Lipinski definition) is 3. The van der Waals surface area contributed by atoms with Crippen molar-refractivity contribution in [3.8, 4) is 0 Å². The molecule has 1 aromatic carbocycles. The minimum atomic E-state index is -0.808.